The Balaban J connectivity index is 1.81. The smallest absolute Gasteiger partial charge is 0.274 e. The molecule has 1 heterocycles. The van der Waals surface area contributed by atoms with E-state index in [9.17, 15) is 19.7 Å². The highest BCUT2D eigenvalue weighted by atomic mass is 16.6. The molecule has 2 fully saturated rings. The molecule has 1 saturated carbocycles. The number of nitro benzene ring substituents is 1. The van der Waals surface area contributed by atoms with E-state index in [1.54, 1.807) is 6.07 Å². The highest BCUT2D eigenvalue weighted by Gasteiger charge is 2.57. The van der Waals surface area contributed by atoms with Gasteiger partial charge in [0.25, 0.3) is 5.69 Å². The summed E-state index contributed by atoms with van der Waals surface area (Å²) in [7, 11) is 0. The Morgan fingerprint density at radius 1 is 1.00 bits per heavy atom. The Morgan fingerprint density at radius 3 is 2.05 bits per heavy atom. The minimum Gasteiger partial charge on any atom is -0.274 e. The van der Waals surface area contributed by atoms with Crippen molar-refractivity contribution < 1.29 is 14.5 Å². The van der Waals surface area contributed by atoms with Crippen LogP contribution in [0.2, 0.25) is 0 Å². The summed E-state index contributed by atoms with van der Waals surface area (Å²) in [6, 6.07) is 5.94. The molecule has 22 heavy (non-hydrogen) atoms. The zero-order valence-electron chi connectivity index (χ0n) is 11.7. The quantitative estimate of drug-likeness (QED) is 0.363. The third-order valence-corrected chi connectivity index (χ3v) is 5.08. The van der Waals surface area contributed by atoms with Crippen molar-refractivity contribution in [1.29, 1.82) is 0 Å². The molecule has 1 saturated heterocycles. The van der Waals surface area contributed by atoms with Crippen LogP contribution in [0.1, 0.15) is 12.8 Å². The molecule has 1 aromatic carbocycles. The number of amides is 2. The second kappa shape index (κ2) is 4.50. The maximum Gasteiger partial charge on any atom is 0.293 e. The lowest BCUT2D eigenvalue weighted by Gasteiger charge is -2.38. The van der Waals surface area contributed by atoms with E-state index in [2.05, 4.69) is 0 Å². The van der Waals surface area contributed by atoms with Gasteiger partial charge in [-0.1, -0.05) is 24.3 Å². The minimum absolute atomic E-state index is 0.0826. The first-order valence-electron chi connectivity index (χ1n) is 7.39. The molecule has 0 aromatic heterocycles. The Labute approximate surface area is 126 Å². The van der Waals surface area contributed by atoms with Gasteiger partial charge in [0.15, 0.2) is 0 Å². The van der Waals surface area contributed by atoms with Gasteiger partial charge in [0.1, 0.15) is 5.69 Å². The number of nitrogens with zero attached hydrogens (tertiary/aromatic N) is 2. The maximum atomic E-state index is 12.8. The SMILES string of the molecule is O=C1[C@H]2[C@H](C(=O)N1c1ccccc1[N+](=O)[O-])[C@@H]1C=C[C@@H]2CC1. The zero-order valence-corrected chi connectivity index (χ0v) is 11.7. The molecule has 2 bridgehead atoms. The molecule has 0 radical (unpaired) electrons. The van der Waals surface area contributed by atoms with Crippen molar-refractivity contribution in [2.45, 2.75) is 12.8 Å². The number of allylic oxidation sites excluding steroid dienone is 2. The van der Waals surface area contributed by atoms with Crippen LogP contribution in [0.4, 0.5) is 11.4 Å². The Morgan fingerprint density at radius 2 is 1.55 bits per heavy atom. The van der Waals surface area contributed by atoms with Crippen LogP contribution >= 0.6 is 0 Å². The fraction of sp³-hybridized carbons (Fsp3) is 0.375. The van der Waals surface area contributed by atoms with Gasteiger partial charge >= 0.3 is 0 Å². The second-order valence-corrected chi connectivity index (χ2v) is 6.10. The average molecular weight is 298 g/mol. The molecule has 112 valence electrons. The van der Waals surface area contributed by atoms with Gasteiger partial charge in [-0.2, -0.15) is 0 Å². The summed E-state index contributed by atoms with van der Waals surface area (Å²) < 4.78 is 0. The van der Waals surface area contributed by atoms with Crippen LogP contribution in [0.15, 0.2) is 36.4 Å². The van der Waals surface area contributed by atoms with E-state index >= 15 is 0 Å². The molecule has 4 aliphatic rings. The largest absolute Gasteiger partial charge is 0.293 e. The van der Waals surface area contributed by atoms with Crippen molar-refractivity contribution in [1.82, 2.24) is 0 Å². The second-order valence-electron chi connectivity index (χ2n) is 6.10. The van der Waals surface area contributed by atoms with Crippen LogP contribution in [0.5, 0.6) is 0 Å². The summed E-state index contributed by atoms with van der Waals surface area (Å²) in [5.41, 5.74) is -0.112. The molecule has 6 nitrogen and oxygen atoms in total. The first-order valence-corrected chi connectivity index (χ1v) is 7.39. The lowest BCUT2D eigenvalue weighted by Crippen LogP contribution is -2.38. The van der Waals surface area contributed by atoms with Crippen molar-refractivity contribution in [3.05, 3.63) is 46.5 Å². The normalized spacial score (nSPS) is 32.5. The summed E-state index contributed by atoms with van der Waals surface area (Å²) in [6.07, 6.45) is 5.88. The predicted octanol–water partition coefficient (Wildman–Crippen LogP) is 2.30. The van der Waals surface area contributed by atoms with Gasteiger partial charge in [-0.15, -0.1) is 0 Å². The van der Waals surface area contributed by atoms with Crippen LogP contribution in [0.25, 0.3) is 0 Å². The fourth-order valence-electron chi connectivity index (χ4n) is 4.12. The number of anilines is 1. The van der Waals surface area contributed by atoms with Crippen molar-refractivity contribution in [2.24, 2.45) is 23.7 Å². The van der Waals surface area contributed by atoms with Gasteiger partial charge in [0.05, 0.1) is 16.8 Å². The summed E-state index contributed by atoms with van der Waals surface area (Å²) in [6.45, 7) is 0. The molecule has 5 rings (SSSR count). The molecular weight excluding hydrogens is 284 g/mol. The molecular formula is C16H14N2O4. The maximum absolute atomic E-state index is 12.8. The van der Waals surface area contributed by atoms with Crippen molar-refractivity contribution in [2.75, 3.05) is 4.90 Å². The Bertz CT molecular complexity index is 695. The van der Waals surface area contributed by atoms with Crippen LogP contribution < -0.4 is 4.90 Å². The number of rotatable bonds is 2. The third-order valence-electron chi connectivity index (χ3n) is 5.08. The van der Waals surface area contributed by atoms with Gasteiger partial charge < -0.3 is 0 Å². The molecule has 6 heteroatoms. The van der Waals surface area contributed by atoms with E-state index in [0.29, 0.717) is 0 Å². The van der Waals surface area contributed by atoms with E-state index in [0.717, 1.165) is 17.7 Å². The number of carbonyl (C=O) groups is 2. The van der Waals surface area contributed by atoms with E-state index in [1.807, 2.05) is 12.2 Å². The monoisotopic (exact) mass is 298 g/mol. The van der Waals surface area contributed by atoms with Crippen LogP contribution in [-0.2, 0) is 9.59 Å². The molecule has 2 amide bonds. The number of fused-ring (bicyclic) bond motifs is 1. The highest BCUT2D eigenvalue weighted by molar-refractivity contribution is 6.23. The Kier molecular flexibility index (Phi) is 2.69. The van der Waals surface area contributed by atoms with E-state index in [4.69, 9.17) is 0 Å². The fourth-order valence-corrected chi connectivity index (χ4v) is 4.12. The minimum atomic E-state index is -0.551. The summed E-state index contributed by atoms with van der Waals surface area (Å²) in [5.74, 6) is -1.11. The number of nitro groups is 1. The van der Waals surface area contributed by atoms with Crippen molar-refractivity contribution >= 4 is 23.2 Å². The predicted molar refractivity (Wildman–Crippen MR) is 77.9 cm³/mol. The molecule has 0 N–H and O–H groups in total. The van der Waals surface area contributed by atoms with E-state index < -0.39 is 4.92 Å². The number of benzene rings is 1. The van der Waals surface area contributed by atoms with E-state index in [1.165, 1.54) is 18.2 Å². The number of carbonyl (C=O) groups excluding carboxylic acids is 2. The number of imide groups is 1. The molecule has 3 aliphatic carbocycles. The van der Waals surface area contributed by atoms with Gasteiger partial charge in [-0.3, -0.25) is 19.7 Å². The first-order chi connectivity index (χ1) is 10.6. The zero-order chi connectivity index (χ0) is 15.4. The Hall–Kier alpha value is -2.50. The van der Waals surface area contributed by atoms with Crippen LogP contribution in [0.3, 0.4) is 0 Å². The highest BCUT2D eigenvalue weighted by Crippen LogP contribution is 2.51. The summed E-state index contributed by atoms with van der Waals surface area (Å²) in [5, 5.41) is 11.2. The average Bonchev–Trinajstić information content (AvgIpc) is 2.82. The van der Waals surface area contributed by atoms with E-state index in [-0.39, 0.29) is 46.9 Å². The number of hydrogen-bond acceptors (Lipinski definition) is 4. The lowest BCUT2D eigenvalue weighted by molar-refractivity contribution is -0.384. The summed E-state index contributed by atoms with van der Waals surface area (Å²) >= 11 is 0. The van der Waals surface area contributed by atoms with Crippen LogP contribution in [-0.4, -0.2) is 16.7 Å². The lowest BCUT2D eigenvalue weighted by atomic mass is 9.63. The molecule has 1 aromatic rings. The first kappa shape index (κ1) is 13.2. The van der Waals surface area contributed by atoms with Crippen LogP contribution in [0, 0.1) is 33.8 Å². The topological polar surface area (TPSA) is 80.5 Å². The van der Waals surface area contributed by atoms with Crippen molar-refractivity contribution in [3.8, 4) is 0 Å². The molecule has 1 aliphatic heterocycles. The third kappa shape index (κ3) is 1.60. The molecule has 0 unspecified atom stereocenters. The van der Waals surface area contributed by atoms with Gasteiger partial charge in [-0.25, -0.2) is 4.90 Å². The number of hydrogen-bond donors (Lipinski definition) is 0. The summed E-state index contributed by atoms with van der Waals surface area (Å²) in [4.78, 5) is 37.2. The van der Waals surface area contributed by atoms with Gasteiger partial charge in [-0.05, 0) is 30.7 Å². The molecule has 0 spiro atoms. The van der Waals surface area contributed by atoms with Crippen molar-refractivity contribution in [3.63, 3.8) is 0 Å². The van der Waals surface area contributed by atoms with Gasteiger partial charge in [0, 0.05) is 6.07 Å². The molecule has 4 atom stereocenters. The standard InChI is InChI=1S/C16H14N2O4/c19-15-13-9-5-6-10(8-7-9)14(13)16(20)17(15)11-3-1-2-4-12(11)18(21)22/h1-6,9-10,13-14H,7-8H2/t9-,10-,13-,14-/m1/s1. The number of para-hydroxylation sites is 2. The van der Waals surface area contributed by atoms with Gasteiger partial charge in [0.2, 0.25) is 11.8 Å².